The lowest BCUT2D eigenvalue weighted by Gasteiger charge is -2.06. The van der Waals surface area contributed by atoms with Gasteiger partial charge in [0.1, 0.15) is 5.82 Å². The summed E-state index contributed by atoms with van der Waals surface area (Å²) in [5, 5.41) is 5.28. The molecular weight excluding hydrogens is 204 g/mol. The Labute approximate surface area is 94.5 Å². The number of aromatic nitrogens is 4. The smallest absolute Gasteiger partial charge is 0.161 e. The lowest BCUT2D eigenvalue weighted by Crippen LogP contribution is -2.06. The maximum absolute atomic E-state index is 5.01. The summed E-state index contributed by atoms with van der Waals surface area (Å²) in [6.45, 7) is 4.81. The fourth-order valence-corrected chi connectivity index (χ4v) is 1.56. The summed E-state index contributed by atoms with van der Waals surface area (Å²) in [4.78, 5) is 8.78. The minimum absolute atomic E-state index is 0.308. The number of rotatable bonds is 4. The van der Waals surface area contributed by atoms with E-state index in [0.29, 0.717) is 12.6 Å². The second-order valence-electron chi connectivity index (χ2n) is 3.99. The molecule has 0 N–H and O–H groups in total. The summed E-state index contributed by atoms with van der Waals surface area (Å²) in [6.07, 6.45) is 4.35. The largest absolute Gasteiger partial charge is 0.384 e. The molecule has 0 saturated carbocycles. The van der Waals surface area contributed by atoms with Crippen molar-refractivity contribution in [1.29, 1.82) is 0 Å². The quantitative estimate of drug-likeness (QED) is 0.785. The molecular formula is C11H16N4O. The van der Waals surface area contributed by atoms with Crippen LogP contribution in [0.3, 0.4) is 0 Å². The zero-order valence-electron chi connectivity index (χ0n) is 9.84. The molecule has 0 atom stereocenters. The Morgan fingerprint density at radius 3 is 2.88 bits per heavy atom. The molecule has 16 heavy (non-hydrogen) atoms. The third-order valence-corrected chi connectivity index (χ3v) is 2.40. The Morgan fingerprint density at radius 2 is 2.19 bits per heavy atom. The van der Waals surface area contributed by atoms with Crippen LogP contribution in [0.15, 0.2) is 12.4 Å². The predicted octanol–water partition coefficient (Wildman–Crippen LogP) is 1.60. The van der Waals surface area contributed by atoms with Gasteiger partial charge in [-0.2, -0.15) is 5.10 Å². The van der Waals surface area contributed by atoms with Crippen LogP contribution in [0.4, 0.5) is 0 Å². The van der Waals surface area contributed by atoms with E-state index >= 15 is 0 Å². The molecule has 0 aromatic carbocycles. The van der Waals surface area contributed by atoms with Gasteiger partial charge in [0.15, 0.2) is 5.65 Å². The molecule has 0 aliphatic rings. The predicted molar refractivity (Wildman–Crippen MR) is 61.3 cm³/mol. The van der Waals surface area contributed by atoms with E-state index in [4.69, 9.17) is 4.74 Å². The Hall–Kier alpha value is -1.49. The van der Waals surface area contributed by atoms with Gasteiger partial charge in [-0.3, -0.25) is 0 Å². The van der Waals surface area contributed by atoms with Crippen molar-refractivity contribution < 1.29 is 4.74 Å². The molecule has 0 aliphatic heterocycles. The highest BCUT2D eigenvalue weighted by molar-refractivity contribution is 5.73. The Kier molecular flexibility index (Phi) is 3.14. The normalized spacial score (nSPS) is 11.5. The van der Waals surface area contributed by atoms with Gasteiger partial charge in [-0.15, -0.1) is 0 Å². The monoisotopic (exact) mass is 220 g/mol. The first-order chi connectivity index (χ1) is 7.72. The molecule has 0 spiro atoms. The van der Waals surface area contributed by atoms with E-state index in [1.807, 2.05) is 10.9 Å². The fourth-order valence-electron chi connectivity index (χ4n) is 1.56. The van der Waals surface area contributed by atoms with Gasteiger partial charge in [-0.05, 0) is 13.8 Å². The molecule has 0 radical (unpaired) electrons. The molecule has 5 heteroatoms. The van der Waals surface area contributed by atoms with Gasteiger partial charge in [-0.1, -0.05) is 0 Å². The van der Waals surface area contributed by atoms with Crippen molar-refractivity contribution in [2.75, 3.05) is 13.7 Å². The van der Waals surface area contributed by atoms with Crippen LogP contribution in [-0.2, 0) is 11.2 Å². The fraction of sp³-hybridized carbons (Fsp3) is 0.545. The van der Waals surface area contributed by atoms with E-state index in [9.17, 15) is 0 Å². The highest BCUT2D eigenvalue weighted by atomic mass is 16.5. The number of fused-ring (bicyclic) bond motifs is 1. The summed E-state index contributed by atoms with van der Waals surface area (Å²) in [5.74, 6) is 0.803. The molecule has 5 nitrogen and oxygen atoms in total. The SMILES string of the molecule is COCCc1ncc2cnn(C(C)C)c2n1. The minimum atomic E-state index is 0.308. The van der Waals surface area contributed by atoms with Gasteiger partial charge < -0.3 is 4.74 Å². The van der Waals surface area contributed by atoms with E-state index in [1.165, 1.54) is 0 Å². The van der Waals surface area contributed by atoms with Crippen molar-refractivity contribution >= 4 is 11.0 Å². The maximum atomic E-state index is 5.01. The van der Waals surface area contributed by atoms with Gasteiger partial charge >= 0.3 is 0 Å². The zero-order valence-corrected chi connectivity index (χ0v) is 9.84. The van der Waals surface area contributed by atoms with Crippen LogP contribution < -0.4 is 0 Å². The van der Waals surface area contributed by atoms with Crippen molar-refractivity contribution in [3.63, 3.8) is 0 Å². The summed E-state index contributed by atoms with van der Waals surface area (Å²) in [6, 6.07) is 0.308. The van der Waals surface area contributed by atoms with Crippen LogP contribution in [0.5, 0.6) is 0 Å². The molecule has 86 valence electrons. The van der Waals surface area contributed by atoms with Crippen LogP contribution in [0.2, 0.25) is 0 Å². The van der Waals surface area contributed by atoms with Crippen LogP contribution >= 0.6 is 0 Å². The van der Waals surface area contributed by atoms with E-state index in [0.717, 1.165) is 23.3 Å². The van der Waals surface area contributed by atoms with E-state index in [1.54, 1.807) is 13.3 Å². The molecule has 0 fully saturated rings. The molecule has 0 saturated heterocycles. The molecule has 0 bridgehead atoms. The molecule has 2 aromatic heterocycles. The van der Waals surface area contributed by atoms with Gasteiger partial charge in [0.05, 0.1) is 18.2 Å². The Balaban J connectivity index is 2.38. The van der Waals surface area contributed by atoms with Crippen molar-refractivity contribution in [2.45, 2.75) is 26.3 Å². The van der Waals surface area contributed by atoms with Gasteiger partial charge in [-0.25, -0.2) is 14.6 Å². The average molecular weight is 220 g/mol. The lowest BCUT2D eigenvalue weighted by atomic mass is 10.3. The first-order valence-corrected chi connectivity index (χ1v) is 5.40. The zero-order chi connectivity index (χ0) is 11.5. The number of hydrogen-bond acceptors (Lipinski definition) is 4. The second-order valence-corrected chi connectivity index (χ2v) is 3.99. The van der Waals surface area contributed by atoms with Crippen LogP contribution in [0.25, 0.3) is 11.0 Å². The number of hydrogen-bond donors (Lipinski definition) is 0. The van der Waals surface area contributed by atoms with Crippen molar-refractivity contribution in [1.82, 2.24) is 19.7 Å². The maximum Gasteiger partial charge on any atom is 0.161 e. The van der Waals surface area contributed by atoms with Crippen LogP contribution in [0.1, 0.15) is 25.7 Å². The molecule has 2 heterocycles. The third-order valence-electron chi connectivity index (χ3n) is 2.40. The number of methoxy groups -OCH3 is 1. The third kappa shape index (κ3) is 2.04. The topological polar surface area (TPSA) is 52.8 Å². The van der Waals surface area contributed by atoms with Crippen molar-refractivity contribution in [3.05, 3.63) is 18.2 Å². The van der Waals surface area contributed by atoms with Gasteiger partial charge in [0.2, 0.25) is 0 Å². The Bertz CT molecular complexity index is 478. The summed E-state index contributed by atoms with van der Waals surface area (Å²) in [7, 11) is 1.68. The second kappa shape index (κ2) is 4.57. The standard InChI is InChI=1S/C11H16N4O/c1-8(2)15-11-9(7-13-15)6-12-10(14-11)4-5-16-3/h6-8H,4-5H2,1-3H3. The van der Waals surface area contributed by atoms with E-state index in [-0.39, 0.29) is 0 Å². The summed E-state index contributed by atoms with van der Waals surface area (Å²) >= 11 is 0. The highest BCUT2D eigenvalue weighted by Crippen LogP contribution is 2.14. The number of nitrogens with zero attached hydrogens (tertiary/aromatic N) is 4. The van der Waals surface area contributed by atoms with Crippen LogP contribution in [0, 0.1) is 0 Å². The van der Waals surface area contributed by atoms with E-state index in [2.05, 4.69) is 28.9 Å². The molecule has 0 amide bonds. The minimum Gasteiger partial charge on any atom is -0.384 e. The lowest BCUT2D eigenvalue weighted by molar-refractivity contribution is 0.200. The average Bonchev–Trinajstić information content (AvgIpc) is 2.69. The van der Waals surface area contributed by atoms with Crippen LogP contribution in [-0.4, -0.2) is 33.5 Å². The Morgan fingerprint density at radius 1 is 1.38 bits per heavy atom. The van der Waals surface area contributed by atoms with Gasteiger partial charge in [0, 0.05) is 25.8 Å². The first kappa shape index (κ1) is 11.0. The molecule has 0 aliphatic carbocycles. The van der Waals surface area contributed by atoms with Gasteiger partial charge in [0.25, 0.3) is 0 Å². The molecule has 2 aromatic rings. The number of ether oxygens (including phenoxy) is 1. The van der Waals surface area contributed by atoms with E-state index < -0.39 is 0 Å². The molecule has 2 rings (SSSR count). The van der Waals surface area contributed by atoms with Crippen molar-refractivity contribution in [3.8, 4) is 0 Å². The molecule has 0 unspecified atom stereocenters. The summed E-state index contributed by atoms with van der Waals surface area (Å²) < 4.78 is 6.92. The summed E-state index contributed by atoms with van der Waals surface area (Å²) in [5.41, 5.74) is 0.899. The first-order valence-electron chi connectivity index (χ1n) is 5.40. The van der Waals surface area contributed by atoms with Crippen molar-refractivity contribution in [2.24, 2.45) is 0 Å². The highest BCUT2D eigenvalue weighted by Gasteiger charge is 2.08.